The summed E-state index contributed by atoms with van der Waals surface area (Å²) in [5.74, 6) is 0.463. The number of aryl methyl sites for hydroxylation is 1. The fraction of sp³-hybridized carbons (Fsp3) is 0.188. The maximum atomic E-state index is 10.5. The van der Waals surface area contributed by atoms with Gasteiger partial charge in [-0.15, -0.1) is 0 Å². The van der Waals surface area contributed by atoms with Crippen LogP contribution in [-0.4, -0.2) is 16.1 Å². The van der Waals surface area contributed by atoms with Gasteiger partial charge in [0.25, 0.3) is 0 Å². The van der Waals surface area contributed by atoms with Crippen LogP contribution in [0.2, 0.25) is 0 Å². The largest absolute Gasteiger partial charge is 0.508 e. The van der Waals surface area contributed by atoms with E-state index in [2.05, 4.69) is 5.32 Å². The Bertz CT molecular complexity index is 557. The van der Waals surface area contributed by atoms with Crippen molar-refractivity contribution in [2.75, 3.05) is 5.32 Å². The Morgan fingerprint density at radius 1 is 1.00 bits per heavy atom. The average molecular weight is 273 g/mol. The molecule has 0 fully saturated rings. The summed E-state index contributed by atoms with van der Waals surface area (Å²) in [6.45, 7) is 5.33. The lowest BCUT2D eigenvalue weighted by Crippen LogP contribution is -2.04. The highest BCUT2D eigenvalue weighted by Gasteiger charge is 1.95. The first kappa shape index (κ1) is 15.6. The van der Waals surface area contributed by atoms with Crippen molar-refractivity contribution in [3.8, 4) is 11.5 Å². The predicted molar refractivity (Wildman–Crippen MR) is 80.0 cm³/mol. The zero-order valence-corrected chi connectivity index (χ0v) is 11.8. The number of phenols is 2. The number of anilines is 1. The van der Waals surface area contributed by atoms with Crippen molar-refractivity contribution in [3.05, 3.63) is 53.6 Å². The van der Waals surface area contributed by atoms with Crippen LogP contribution < -0.4 is 5.32 Å². The van der Waals surface area contributed by atoms with Gasteiger partial charge in [-0.3, -0.25) is 4.79 Å². The molecule has 4 heteroatoms. The van der Waals surface area contributed by atoms with Gasteiger partial charge in [0.1, 0.15) is 11.5 Å². The number of benzene rings is 2. The van der Waals surface area contributed by atoms with E-state index >= 15 is 0 Å². The number of rotatable bonds is 1. The third-order valence-corrected chi connectivity index (χ3v) is 2.76. The van der Waals surface area contributed by atoms with Crippen LogP contribution in [0.15, 0.2) is 42.5 Å². The van der Waals surface area contributed by atoms with Crippen LogP contribution in [0.5, 0.6) is 11.5 Å². The maximum absolute atomic E-state index is 10.5. The highest BCUT2D eigenvalue weighted by Crippen LogP contribution is 2.17. The number of amides is 1. The van der Waals surface area contributed by atoms with Crippen molar-refractivity contribution in [1.82, 2.24) is 0 Å². The van der Waals surface area contributed by atoms with Gasteiger partial charge in [-0.1, -0.05) is 12.1 Å². The minimum atomic E-state index is -0.115. The van der Waals surface area contributed by atoms with Crippen LogP contribution in [-0.2, 0) is 4.79 Å². The van der Waals surface area contributed by atoms with Crippen LogP contribution in [0.3, 0.4) is 0 Å². The summed E-state index contributed by atoms with van der Waals surface area (Å²) in [5, 5.41) is 20.6. The Labute approximate surface area is 118 Å². The number of carbonyl (C=O) groups excluding carboxylic acids is 1. The number of aromatic hydroxyl groups is 2. The second-order valence-corrected chi connectivity index (χ2v) is 4.45. The van der Waals surface area contributed by atoms with Crippen molar-refractivity contribution in [2.45, 2.75) is 20.8 Å². The van der Waals surface area contributed by atoms with Gasteiger partial charge in [0, 0.05) is 12.6 Å². The molecule has 0 aliphatic heterocycles. The van der Waals surface area contributed by atoms with Gasteiger partial charge in [-0.2, -0.15) is 0 Å². The third-order valence-electron chi connectivity index (χ3n) is 2.76. The van der Waals surface area contributed by atoms with E-state index in [1.165, 1.54) is 19.1 Å². The topological polar surface area (TPSA) is 69.6 Å². The minimum Gasteiger partial charge on any atom is -0.508 e. The van der Waals surface area contributed by atoms with E-state index in [9.17, 15) is 4.79 Å². The van der Waals surface area contributed by atoms with Gasteiger partial charge in [-0.05, 0) is 55.3 Å². The molecule has 20 heavy (non-hydrogen) atoms. The predicted octanol–water partition coefficient (Wildman–Crippen LogP) is 3.36. The van der Waals surface area contributed by atoms with Crippen molar-refractivity contribution in [2.24, 2.45) is 0 Å². The molecule has 2 aromatic rings. The highest BCUT2D eigenvalue weighted by molar-refractivity contribution is 5.88. The van der Waals surface area contributed by atoms with Gasteiger partial charge >= 0.3 is 0 Å². The first-order chi connectivity index (χ1) is 9.40. The lowest BCUT2D eigenvalue weighted by atomic mass is 10.1. The molecule has 0 aromatic heterocycles. The monoisotopic (exact) mass is 273 g/mol. The summed E-state index contributed by atoms with van der Waals surface area (Å²) in [6.07, 6.45) is 0. The molecule has 0 saturated heterocycles. The van der Waals surface area contributed by atoms with Gasteiger partial charge < -0.3 is 15.5 Å². The van der Waals surface area contributed by atoms with E-state index in [1.54, 1.807) is 18.2 Å². The van der Waals surface area contributed by atoms with E-state index in [1.807, 2.05) is 26.0 Å². The van der Waals surface area contributed by atoms with Gasteiger partial charge in [0.2, 0.25) is 5.91 Å². The van der Waals surface area contributed by atoms with E-state index in [0.29, 0.717) is 11.4 Å². The molecule has 2 aromatic carbocycles. The van der Waals surface area contributed by atoms with Crippen LogP contribution in [0, 0.1) is 13.8 Å². The van der Waals surface area contributed by atoms with E-state index < -0.39 is 0 Å². The fourth-order valence-electron chi connectivity index (χ4n) is 1.48. The molecule has 0 radical (unpaired) electrons. The SMILES string of the molecule is CC(=O)Nc1ccc(O)cc1.Cc1cccc(O)c1C. The molecule has 0 atom stereocenters. The Hall–Kier alpha value is -2.49. The van der Waals surface area contributed by atoms with Crippen molar-refractivity contribution >= 4 is 11.6 Å². The molecule has 0 heterocycles. The lowest BCUT2D eigenvalue weighted by molar-refractivity contribution is -0.114. The first-order valence-electron chi connectivity index (χ1n) is 6.22. The Morgan fingerprint density at radius 3 is 2.05 bits per heavy atom. The molecule has 0 saturated carbocycles. The number of hydrogen-bond donors (Lipinski definition) is 3. The third kappa shape index (κ3) is 5.02. The molecular formula is C16H19NO3. The summed E-state index contributed by atoms with van der Waals surface area (Å²) in [4.78, 5) is 10.5. The number of phenolic OH excluding ortho intramolecular Hbond substituents is 2. The molecule has 1 amide bonds. The lowest BCUT2D eigenvalue weighted by Gasteiger charge is -1.99. The van der Waals surface area contributed by atoms with E-state index in [4.69, 9.17) is 10.2 Å². The summed E-state index contributed by atoms with van der Waals surface area (Å²) in [5.41, 5.74) is 2.79. The van der Waals surface area contributed by atoms with Crippen molar-refractivity contribution in [3.63, 3.8) is 0 Å². The summed E-state index contributed by atoms with van der Waals surface area (Å²) in [7, 11) is 0. The van der Waals surface area contributed by atoms with Crippen LogP contribution in [0.4, 0.5) is 5.69 Å². The first-order valence-corrected chi connectivity index (χ1v) is 6.22. The van der Waals surface area contributed by atoms with Crippen molar-refractivity contribution < 1.29 is 15.0 Å². The van der Waals surface area contributed by atoms with E-state index in [0.717, 1.165) is 11.1 Å². The average Bonchev–Trinajstić information content (AvgIpc) is 2.39. The Balaban J connectivity index is 0.000000204. The molecule has 4 nitrogen and oxygen atoms in total. The second kappa shape index (κ2) is 7.19. The standard InChI is InChI=1S/C8H9NO2.C8H10O/c1-6(10)9-7-2-4-8(11)5-3-7;1-6-4-3-5-8(9)7(6)2/h2-5,11H,1H3,(H,9,10);3-5,9H,1-2H3. The van der Waals surface area contributed by atoms with Gasteiger partial charge in [0.15, 0.2) is 0 Å². The quantitative estimate of drug-likeness (QED) is 0.698. The van der Waals surface area contributed by atoms with Crippen molar-refractivity contribution in [1.29, 1.82) is 0 Å². The van der Waals surface area contributed by atoms with Crippen LogP contribution >= 0.6 is 0 Å². The molecule has 0 aliphatic rings. The zero-order chi connectivity index (χ0) is 15.1. The fourth-order valence-corrected chi connectivity index (χ4v) is 1.48. The zero-order valence-electron chi connectivity index (χ0n) is 11.8. The number of hydrogen-bond acceptors (Lipinski definition) is 3. The highest BCUT2D eigenvalue weighted by atomic mass is 16.3. The maximum Gasteiger partial charge on any atom is 0.221 e. The Morgan fingerprint density at radius 2 is 1.60 bits per heavy atom. The molecule has 0 aliphatic carbocycles. The van der Waals surface area contributed by atoms with Gasteiger partial charge in [0.05, 0.1) is 0 Å². The molecule has 106 valence electrons. The summed E-state index contributed by atoms with van der Waals surface area (Å²) in [6, 6.07) is 11.8. The normalized spacial score (nSPS) is 9.35. The molecule has 0 spiro atoms. The second-order valence-electron chi connectivity index (χ2n) is 4.45. The van der Waals surface area contributed by atoms with Crippen LogP contribution in [0.25, 0.3) is 0 Å². The Kier molecular flexibility index (Phi) is 5.59. The summed E-state index contributed by atoms with van der Waals surface area (Å²) < 4.78 is 0. The number of nitrogens with one attached hydrogen (secondary N) is 1. The minimum absolute atomic E-state index is 0.115. The molecule has 0 unspecified atom stereocenters. The molecule has 2 rings (SSSR count). The van der Waals surface area contributed by atoms with Crippen LogP contribution in [0.1, 0.15) is 18.1 Å². The smallest absolute Gasteiger partial charge is 0.221 e. The molecule has 3 N–H and O–H groups in total. The van der Waals surface area contributed by atoms with E-state index in [-0.39, 0.29) is 11.7 Å². The number of carbonyl (C=O) groups is 1. The molecule has 0 bridgehead atoms. The summed E-state index contributed by atoms with van der Waals surface area (Å²) >= 11 is 0. The molecular weight excluding hydrogens is 254 g/mol. The van der Waals surface area contributed by atoms with Gasteiger partial charge in [-0.25, -0.2) is 0 Å².